The standard InChI is InChI=1S/C14H25N3O3S/c1-14(2,3)20-13(19)17-7-5-16(6-8-17)11-21-10-12(9-18)15-4/h10,18H,4-9,11H2,1-3H3/b12-10-. The van der Waals surface area contributed by atoms with E-state index < -0.39 is 5.60 Å². The minimum Gasteiger partial charge on any atom is -0.444 e. The molecule has 0 aromatic heterocycles. The molecule has 21 heavy (non-hydrogen) atoms. The molecule has 120 valence electrons. The number of carbonyl (C=O) groups excluding carboxylic acids is 1. The van der Waals surface area contributed by atoms with Gasteiger partial charge in [0.15, 0.2) is 0 Å². The molecule has 0 saturated carbocycles. The van der Waals surface area contributed by atoms with E-state index in [0.717, 1.165) is 19.0 Å². The molecule has 1 rings (SSSR count). The number of piperazine rings is 1. The number of amides is 1. The van der Waals surface area contributed by atoms with Crippen LogP contribution in [0.15, 0.2) is 16.1 Å². The molecule has 0 spiro atoms. The molecule has 0 unspecified atom stereocenters. The van der Waals surface area contributed by atoms with Crippen LogP contribution in [0.5, 0.6) is 0 Å². The summed E-state index contributed by atoms with van der Waals surface area (Å²) in [5.41, 5.74) is 0.125. The van der Waals surface area contributed by atoms with Gasteiger partial charge in [-0.15, -0.1) is 11.8 Å². The van der Waals surface area contributed by atoms with E-state index in [1.54, 1.807) is 16.7 Å². The van der Waals surface area contributed by atoms with Crippen LogP contribution >= 0.6 is 11.8 Å². The molecule has 1 aliphatic rings. The zero-order valence-corrected chi connectivity index (χ0v) is 13.9. The Morgan fingerprint density at radius 1 is 1.38 bits per heavy atom. The molecule has 1 fully saturated rings. The monoisotopic (exact) mass is 315 g/mol. The molecular weight excluding hydrogens is 290 g/mol. The molecule has 7 heteroatoms. The third kappa shape index (κ3) is 6.97. The van der Waals surface area contributed by atoms with Crippen molar-refractivity contribution in [3.8, 4) is 0 Å². The molecule has 1 saturated heterocycles. The third-order valence-corrected chi connectivity index (χ3v) is 3.82. The molecule has 6 nitrogen and oxygen atoms in total. The topological polar surface area (TPSA) is 65.4 Å². The minimum atomic E-state index is -0.451. The maximum Gasteiger partial charge on any atom is 0.410 e. The largest absolute Gasteiger partial charge is 0.444 e. The SMILES string of the molecule is C=N/C(=C\SCN1CCN(C(=O)OC(C)(C)C)CC1)CO. The van der Waals surface area contributed by atoms with E-state index in [9.17, 15) is 4.79 Å². The molecule has 1 N–H and O–H groups in total. The number of nitrogens with zero attached hydrogens (tertiary/aromatic N) is 3. The number of aliphatic hydroxyl groups is 1. The van der Waals surface area contributed by atoms with E-state index in [-0.39, 0.29) is 12.7 Å². The summed E-state index contributed by atoms with van der Waals surface area (Å²) in [5, 5.41) is 10.8. The second kappa shape index (κ2) is 8.41. The number of aliphatic imine (C=N–C) groups is 1. The summed E-state index contributed by atoms with van der Waals surface area (Å²) >= 11 is 1.57. The van der Waals surface area contributed by atoms with Crippen LogP contribution in [0.3, 0.4) is 0 Å². The van der Waals surface area contributed by atoms with E-state index >= 15 is 0 Å². The lowest BCUT2D eigenvalue weighted by atomic mass is 10.2. The van der Waals surface area contributed by atoms with Crippen LogP contribution in [0, 0.1) is 0 Å². The maximum absolute atomic E-state index is 11.9. The number of aliphatic hydroxyl groups excluding tert-OH is 1. The van der Waals surface area contributed by atoms with Crippen LogP contribution < -0.4 is 0 Å². The number of hydrogen-bond acceptors (Lipinski definition) is 6. The van der Waals surface area contributed by atoms with Gasteiger partial charge in [0.05, 0.1) is 12.3 Å². The molecule has 0 aromatic rings. The zero-order chi connectivity index (χ0) is 15.9. The minimum absolute atomic E-state index is 0.0943. The van der Waals surface area contributed by atoms with Crippen LogP contribution in [-0.2, 0) is 4.74 Å². The summed E-state index contributed by atoms with van der Waals surface area (Å²) in [5.74, 6) is 0.807. The van der Waals surface area contributed by atoms with Gasteiger partial charge in [-0.2, -0.15) is 0 Å². The Kier molecular flexibility index (Phi) is 7.21. The van der Waals surface area contributed by atoms with Gasteiger partial charge in [-0.1, -0.05) is 0 Å². The Hall–Kier alpha value is -1.05. The van der Waals surface area contributed by atoms with Crippen molar-refractivity contribution in [3.05, 3.63) is 11.1 Å². The van der Waals surface area contributed by atoms with Gasteiger partial charge in [0.2, 0.25) is 0 Å². The highest BCUT2D eigenvalue weighted by Crippen LogP contribution is 2.14. The van der Waals surface area contributed by atoms with Crippen LogP contribution in [0.2, 0.25) is 0 Å². The number of ether oxygens (including phenoxy) is 1. The molecule has 0 atom stereocenters. The first-order chi connectivity index (χ1) is 9.85. The molecule has 0 aliphatic carbocycles. The molecule has 1 amide bonds. The van der Waals surface area contributed by atoms with Gasteiger partial charge < -0.3 is 14.7 Å². The quantitative estimate of drug-likeness (QED) is 0.783. The summed E-state index contributed by atoms with van der Waals surface area (Å²) in [6, 6.07) is 0. The smallest absolute Gasteiger partial charge is 0.410 e. The van der Waals surface area contributed by atoms with Gasteiger partial charge in [-0.25, -0.2) is 4.79 Å². The lowest BCUT2D eigenvalue weighted by molar-refractivity contribution is 0.0160. The van der Waals surface area contributed by atoms with E-state index in [1.807, 2.05) is 26.2 Å². The van der Waals surface area contributed by atoms with Crippen molar-refractivity contribution in [2.24, 2.45) is 4.99 Å². The fourth-order valence-electron chi connectivity index (χ4n) is 1.75. The van der Waals surface area contributed by atoms with Crippen molar-refractivity contribution >= 4 is 24.6 Å². The average molecular weight is 315 g/mol. The number of rotatable bonds is 5. The Labute approximate surface area is 130 Å². The first kappa shape index (κ1) is 18.0. The lowest BCUT2D eigenvalue weighted by Crippen LogP contribution is -2.49. The molecule has 0 aromatic carbocycles. The van der Waals surface area contributed by atoms with Gasteiger partial charge in [0.25, 0.3) is 0 Å². The summed E-state index contributed by atoms with van der Waals surface area (Å²) in [7, 11) is 0. The summed E-state index contributed by atoms with van der Waals surface area (Å²) in [4.78, 5) is 19.6. The Bertz CT molecular complexity index is 385. The predicted octanol–water partition coefficient (Wildman–Crippen LogP) is 1.76. The molecule has 1 heterocycles. The van der Waals surface area contributed by atoms with Crippen LogP contribution in [0.4, 0.5) is 4.79 Å². The van der Waals surface area contributed by atoms with Crippen molar-refractivity contribution in [2.75, 3.05) is 38.7 Å². The summed E-state index contributed by atoms with van der Waals surface area (Å²) in [6.45, 7) is 11.9. The number of hydrogen-bond donors (Lipinski definition) is 1. The van der Waals surface area contributed by atoms with E-state index in [2.05, 4.69) is 16.6 Å². The van der Waals surface area contributed by atoms with Gasteiger partial charge in [0, 0.05) is 32.1 Å². The molecule has 0 bridgehead atoms. The van der Waals surface area contributed by atoms with Crippen LogP contribution in [0.25, 0.3) is 0 Å². The van der Waals surface area contributed by atoms with Gasteiger partial charge in [0.1, 0.15) is 5.60 Å². The first-order valence-corrected chi connectivity index (χ1v) is 7.99. The van der Waals surface area contributed by atoms with Crippen molar-refractivity contribution in [3.63, 3.8) is 0 Å². The third-order valence-electron chi connectivity index (χ3n) is 2.87. The summed E-state index contributed by atoms with van der Waals surface area (Å²) < 4.78 is 5.36. The second-order valence-corrected chi connectivity index (χ2v) is 6.63. The van der Waals surface area contributed by atoms with Crippen molar-refractivity contribution in [1.82, 2.24) is 9.80 Å². The van der Waals surface area contributed by atoms with Crippen molar-refractivity contribution in [2.45, 2.75) is 26.4 Å². The Balaban J connectivity index is 2.31. The number of carbonyl (C=O) groups is 1. The fraction of sp³-hybridized carbons (Fsp3) is 0.714. The maximum atomic E-state index is 11.9. The summed E-state index contributed by atoms with van der Waals surface area (Å²) in [6.07, 6.45) is -0.242. The van der Waals surface area contributed by atoms with Crippen LogP contribution in [-0.4, -0.2) is 72.0 Å². The molecule has 1 aliphatic heterocycles. The normalized spacial score (nSPS) is 17.7. The van der Waals surface area contributed by atoms with Gasteiger partial charge in [-0.05, 0) is 32.9 Å². The highest BCUT2D eigenvalue weighted by atomic mass is 32.2. The van der Waals surface area contributed by atoms with Crippen molar-refractivity contribution in [1.29, 1.82) is 0 Å². The highest BCUT2D eigenvalue weighted by molar-refractivity contribution is 8.02. The van der Waals surface area contributed by atoms with Gasteiger partial charge in [-0.3, -0.25) is 9.89 Å². The lowest BCUT2D eigenvalue weighted by Gasteiger charge is -2.35. The fourth-order valence-corrected chi connectivity index (χ4v) is 2.63. The Morgan fingerprint density at radius 2 is 2.00 bits per heavy atom. The van der Waals surface area contributed by atoms with E-state index in [0.29, 0.717) is 18.8 Å². The van der Waals surface area contributed by atoms with E-state index in [1.165, 1.54) is 0 Å². The number of thioether (sulfide) groups is 1. The second-order valence-electron chi connectivity index (χ2n) is 5.81. The predicted molar refractivity (Wildman–Crippen MR) is 86.6 cm³/mol. The van der Waals surface area contributed by atoms with Crippen LogP contribution in [0.1, 0.15) is 20.8 Å². The van der Waals surface area contributed by atoms with E-state index in [4.69, 9.17) is 9.84 Å². The average Bonchev–Trinajstić information content (AvgIpc) is 2.42. The highest BCUT2D eigenvalue weighted by Gasteiger charge is 2.25. The van der Waals surface area contributed by atoms with Gasteiger partial charge >= 0.3 is 6.09 Å². The van der Waals surface area contributed by atoms with Crippen molar-refractivity contribution < 1.29 is 14.6 Å². The first-order valence-electron chi connectivity index (χ1n) is 6.94. The molecular formula is C14H25N3O3S. The zero-order valence-electron chi connectivity index (χ0n) is 13.0. The molecule has 0 radical (unpaired) electrons. The Morgan fingerprint density at radius 3 is 2.48 bits per heavy atom.